The molecule has 0 amide bonds. The Morgan fingerprint density at radius 1 is 1.18 bits per heavy atom. The van der Waals surface area contributed by atoms with E-state index in [9.17, 15) is 0 Å². The van der Waals surface area contributed by atoms with Gasteiger partial charge >= 0.3 is 0 Å². The minimum atomic E-state index is -0.00297. The van der Waals surface area contributed by atoms with E-state index in [4.69, 9.17) is 4.98 Å². The summed E-state index contributed by atoms with van der Waals surface area (Å²) in [7, 11) is 0. The zero-order chi connectivity index (χ0) is 13.1. The maximum atomic E-state index is 4.72. The van der Waals surface area contributed by atoms with Gasteiger partial charge in [-0.2, -0.15) is 0 Å². The van der Waals surface area contributed by atoms with E-state index in [0.717, 1.165) is 31.0 Å². The first-order chi connectivity index (χ1) is 7.90. The van der Waals surface area contributed by atoms with Crippen LogP contribution in [-0.4, -0.2) is 16.5 Å². The topological polar surface area (TPSA) is 37.8 Å². The Hall–Kier alpha value is -0.390. The molecule has 0 spiro atoms. The minimum Gasteiger partial charge on any atom is -0.369 e. The van der Waals surface area contributed by atoms with Crippen LogP contribution in [0.4, 0.5) is 5.82 Å². The van der Waals surface area contributed by atoms with Crippen LogP contribution < -0.4 is 5.32 Å². The summed E-state index contributed by atoms with van der Waals surface area (Å²) in [5.41, 5.74) is 1.17. The zero-order valence-electron chi connectivity index (χ0n) is 11.4. The van der Waals surface area contributed by atoms with E-state index < -0.39 is 0 Å². The molecule has 4 heteroatoms. The number of aryl methyl sites for hydroxylation is 1. The highest BCUT2D eigenvalue weighted by molar-refractivity contribution is 14.1. The molecule has 3 nitrogen and oxygen atoms in total. The second kappa shape index (κ2) is 5.98. The monoisotopic (exact) mass is 347 g/mol. The van der Waals surface area contributed by atoms with E-state index in [1.54, 1.807) is 0 Å². The van der Waals surface area contributed by atoms with Crippen molar-refractivity contribution in [2.24, 2.45) is 0 Å². The van der Waals surface area contributed by atoms with E-state index >= 15 is 0 Å². The van der Waals surface area contributed by atoms with Crippen molar-refractivity contribution in [2.45, 2.75) is 52.9 Å². The van der Waals surface area contributed by atoms with Crippen LogP contribution in [0.1, 0.15) is 52.6 Å². The van der Waals surface area contributed by atoms with Crippen molar-refractivity contribution in [2.75, 3.05) is 11.9 Å². The van der Waals surface area contributed by atoms with Crippen LogP contribution in [0.5, 0.6) is 0 Å². The van der Waals surface area contributed by atoms with Crippen molar-refractivity contribution in [1.29, 1.82) is 0 Å². The number of nitrogens with one attached hydrogen (secondary N) is 1. The highest BCUT2D eigenvalue weighted by atomic mass is 127. The molecule has 0 bridgehead atoms. The number of rotatable bonds is 4. The summed E-state index contributed by atoms with van der Waals surface area (Å²) in [4.78, 5) is 9.36. The molecule has 0 atom stereocenters. The fraction of sp³-hybridized carbons (Fsp3) is 0.692. The van der Waals surface area contributed by atoms with E-state index in [-0.39, 0.29) is 5.41 Å². The van der Waals surface area contributed by atoms with Crippen LogP contribution in [0.3, 0.4) is 0 Å². The Bertz CT molecular complexity index is 356. The average Bonchev–Trinajstić information content (AvgIpc) is 2.22. The average molecular weight is 347 g/mol. The predicted octanol–water partition coefficient (Wildman–Crippen LogP) is 3.76. The minimum absolute atomic E-state index is 0.00297. The van der Waals surface area contributed by atoms with E-state index in [0.29, 0.717) is 0 Å². The quantitative estimate of drug-likeness (QED) is 0.843. The number of aromatic nitrogens is 2. The molecule has 1 rings (SSSR count). The van der Waals surface area contributed by atoms with E-state index in [1.807, 2.05) is 0 Å². The zero-order valence-corrected chi connectivity index (χ0v) is 13.6. The molecular formula is C13H22IN3. The van der Waals surface area contributed by atoms with Crippen LogP contribution in [0, 0.1) is 3.57 Å². The first-order valence-electron chi connectivity index (χ1n) is 6.20. The van der Waals surface area contributed by atoms with Gasteiger partial charge in [0, 0.05) is 12.0 Å². The molecule has 1 N–H and O–H groups in total. The summed E-state index contributed by atoms with van der Waals surface area (Å²) >= 11 is 2.34. The van der Waals surface area contributed by atoms with Gasteiger partial charge in [0.15, 0.2) is 0 Å². The van der Waals surface area contributed by atoms with E-state index in [1.165, 1.54) is 9.26 Å². The van der Waals surface area contributed by atoms with Crippen LogP contribution in [0.15, 0.2) is 0 Å². The number of anilines is 1. The van der Waals surface area contributed by atoms with Crippen molar-refractivity contribution in [1.82, 2.24) is 9.97 Å². The molecular weight excluding hydrogens is 325 g/mol. The molecule has 0 saturated carbocycles. The van der Waals surface area contributed by atoms with Gasteiger partial charge in [-0.25, -0.2) is 9.97 Å². The van der Waals surface area contributed by atoms with Gasteiger partial charge in [-0.05, 0) is 35.9 Å². The second-order valence-electron chi connectivity index (χ2n) is 5.19. The molecule has 17 heavy (non-hydrogen) atoms. The Morgan fingerprint density at radius 2 is 1.82 bits per heavy atom. The first kappa shape index (κ1) is 14.7. The fourth-order valence-corrected chi connectivity index (χ4v) is 2.22. The van der Waals surface area contributed by atoms with E-state index in [2.05, 4.69) is 67.5 Å². The largest absolute Gasteiger partial charge is 0.369 e. The van der Waals surface area contributed by atoms with Gasteiger partial charge in [-0.3, -0.25) is 0 Å². The van der Waals surface area contributed by atoms with Crippen LogP contribution >= 0.6 is 22.6 Å². The predicted molar refractivity (Wildman–Crippen MR) is 81.6 cm³/mol. The van der Waals surface area contributed by atoms with Crippen molar-refractivity contribution in [3.63, 3.8) is 0 Å². The maximum absolute atomic E-state index is 4.72. The Morgan fingerprint density at radius 3 is 2.29 bits per heavy atom. The molecule has 0 aromatic carbocycles. The summed E-state index contributed by atoms with van der Waals surface area (Å²) in [6.07, 6.45) is 2.13. The number of hydrogen-bond donors (Lipinski definition) is 1. The molecule has 0 saturated heterocycles. The van der Waals surface area contributed by atoms with Crippen molar-refractivity contribution >= 4 is 28.4 Å². The fourth-order valence-electron chi connectivity index (χ4n) is 1.52. The van der Waals surface area contributed by atoms with Gasteiger partial charge in [0.05, 0.1) is 9.26 Å². The van der Waals surface area contributed by atoms with Gasteiger partial charge in [-0.15, -0.1) is 0 Å². The summed E-state index contributed by atoms with van der Waals surface area (Å²) in [6.45, 7) is 11.6. The van der Waals surface area contributed by atoms with Gasteiger partial charge in [0.2, 0.25) is 0 Å². The van der Waals surface area contributed by atoms with Gasteiger partial charge < -0.3 is 5.32 Å². The molecule has 0 unspecified atom stereocenters. The maximum Gasteiger partial charge on any atom is 0.143 e. The molecule has 1 aromatic rings. The SMILES string of the molecule is CCCc1nc(C(C)(C)C)nc(NCC)c1I. The number of nitrogens with zero attached hydrogens (tertiary/aromatic N) is 2. The lowest BCUT2D eigenvalue weighted by Crippen LogP contribution is -2.20. The lowest BCUT2D eigenvalue weighted by molar-refractivity contribution is 0.540. The van der Waals surface area contributed by atoms with Gasteiger partial charge in [0.1, 0.15) is 11.6 Å². The Labute approximate surface area is 118 Å². The number of hydrogen-bond acceptors (Lipinski definition) is 3. The van der Waals surface area contributed by atoms with Crippen molar-refractivity contribution in [3.8, 4) is 0 Å². The summed E-state index contributed by atoms with van der Waals surface area (Å²) in [5.74, 6) is 1.91. The molecule has 1 heterocycles. The standard InChI is InChI=1S/C13H22IN3/c1-6-8-9-10(14)11(15-7-2)17-12(16-9)13(3,4)5/h6-8H2,1-5H3,(H,15,16,17). The van der Waals surface area contributed by atoms with Crippen LogP contribution in [0.2, 0.25) is 0 Å². The molecule has 0 aliphatic heterocycles. The normalized spacial score (nSPS) is 11.6. The van der Waals surface area contributed by atoms with Crippen molar-refractivity contribution < 1.29 is 0 Å². The lowest BCUT2D eigenvalue weighted by Gasteiger charge is -2.20. The second-order valence-corrected chi connectivity index (χ2v) is 6.27. The summed E-state index contributed by atoms with van der Waals surface area (Å²) in [5, 5.41) is 3.33. The molecule has 0 radical (unpaired) electrons. The smallest absolute Gasteiger partial charge is 0.143 e. The van der Waals surface area contributed by atoms with Gasteiger partial charge in [0.25, 0.3) is 0 Å². The molecule has 0 fully saturated rings. The molecule has 1 aromatic heterocycles. The van der Waals surface area contributed by atoms with Crippen LogP contribution in [-0.2, 0) is 11.8 Å². The first-order valence-corrected chi connectivity index (χ1v) is 7.28. The lowest BCUT2D eigenvalue weighted by atomic mass is 9.95. The molecule has 96 valence electrons. The van der Waals surface area contributed by atoms with Gasteiger partial charge in [-0.1, -0.05) is 34.1 Å². The van der Waals surface area contributed by atoms with Crippen LogP contribution in [0.25, 0.3) is 0 Å². The third-order valence-corrected chi connectivity index (χ3v) is 3.56. The summed E-state index contributed by atoms with van der Waals surface area (Å²) < 4.78 is 1.17. The Kier molecular flexibility index (Phi) is 5.16. The third-order valence-electron chi connectivity index (χ3n) is 2.42. The number of halogens is 1. The Balaban J connectivity index is 3.26. The highest BCUT2D eigenvalue weighted by Crippen LogP contribution is 2.25. The van der Waals surface area contributed by atoms with Crippen molar-refractivity contribution in [3.05, 3.63) is 15.1 Å². The highest BCUT2D eigenvalue weighted by Gasteiger charge is 2.21. The third kappa shape index (κ3) is 3.79. The molecule has 0 aliphatic rings. The summed E-state index contributed by atoms with van der Waals surface area (Å²) in [6, 6.07) is 0. The molecule has 0 aliphatic carbocycles.